The maximum atomic E-state index is 11.1. The Balaban J connectivity index is 1.91. The van der Waals surface area contributed by atoms with Gasteiger partial charge in [-0.3, -0.25) is 4.21 Å². The predicted molar refractivity (Wildman–Crippen MR) is 61.6 cm³/mol. The van der Waals surface area contributed by atoms with Crippen LogP contribution in [-0.2, 0) is 10.8 Å². The Bertz CT molecular complexity index is 347. The smallest absolute Gasteiger partial charge is 0.222 e. The Hall–Kier alpha value is -0.680. The van der Waals surface area contributed by atoms with E-state index in [1.165, 1.54) is 0 Å². The zero-order valence-electron chi connectivity index (χ0n) is 8.15. The van der Waals surface area contributed by atoms with Crippen molar-refractivity contribution in [2.24, 2.45) is 0 Å². The number of nitrogens with zero attached hydrogens (tertiary/aromatic N) is 2. The number of halogens is 1. The largest absolute Gasteiger partial charge is 0.351 e. The zero-order valence-corrected chi connectivity index (χ0v) is 9.72. The van der Waals surface area contributed by atoms with Gasteiger partial charge in [-0.15, -0.1) is 0 Å². The third-order valence-corrected chi connectivity index (χ3v) is 3.92. The lowest BCUT2D eigenvalue weighted by Crippen LogP contribution is -2.30. The molecular formula is C9H12ClN3OS. The summed E-state index contributed by atoms with van der Waals surface area (Å²) < 4.78 is 11.1. The first-order valence-corrected chi connectivity index (χ1v) is 6.70. The molecule has 0 aromatic carbocycles. The Morgan fingerprint density at radius 2 is 1.93 bits per heavy atom. The van der Waals surface area contributed by atoms with E-state index in [0.29, 0.717) is 17.0 Å². The van der Waals surface area contributed by atoms with Crippen molar-refractivity contribution in [3.05, 3.63) is 17.4 Å². The lowest BCUT2D eigenvalue weighted by Gasteiger charge is -2.22. The molecule has 0 unspecified atom stereocenters. The van der Waals surface area contributed by atoms with Crippen LogP contribution < -0.4 is 5.32 Å². The van der Waals surface area contributed by atoms with Crippen molar-refractivity contribution in [1.29, 1.82) is 0 Å². The summed E-state index contributed by atoms with van der Waals surface area (Å²) in [7, 11) is -0.624. The van der Waals surface area contributed by atoms with Crippen LogP contribution in [0.2, 0.25) is 5.02 Å². The van der Waals surface area contributed by atoms with Crippen molar-refractivity contribution >= 4 is 28.3 Å². The minimum atomic E-state index is -0.624. The SMILES string of the molecule is O=S1CCC(Nc2ncc(Cl)cn2)CC1. The maximum absolute atomic E-state index is 11.1. The Morgan fingerprint density at radius 1 is 1.33 bits per heavy atom. The van der Waals surface area contributed by atoms with Crippen LogP contribution in [0.25, 0.3) is 0 Å². The van der Waals surface area contributed by atoms with Crippen LogP contribution in [-0.4, -0.2) is 31.7 Å². The minimum absolute atomic E-state index is 0.337. The molecule has 6 heteroatoms. The highest BCUT2D eigenvalue weighted by Gasteiger charge is 2.17. The van der Waals surface area contributed by atoms with Gasteiger partial charge < -0.3 is 5.32 Å². The molecule has 2 heterocycles. The second-order valence-electron chi connectivity index (χ2n) is 3.49. The predicted octanol–water partition coefficient (Wildman–Crippen LogP) is 1.45. The summed E-state index contributed by atoms with van der Waals surface area (Å²) in [6.07, 6.45) is 4.97. The van der Waals surface area contributed by atoms with Crippen LogP contribution in [0.5, 0.6) is 0 Å². The molecule has 1 aromatic rings. The molecule has 0 bridgehead atoms. The van der Waals surface area contributed by atoms with E-state index in [0.717, 1.165) is 24.3 Å². The van der Waals surface area contributed by atoms with Crippen LogP contribution in [0.4, 0.5) is 5.95 Å². The van der Waals surface area contributed by atoms with Crippen molar-refractivity contribution in [3.8, 4) is 0 Å². The first-order chi connectivity index (χ1) is 7.24. The highest BCUT2D eigenvalue weighted by molar-refractivity contribution is 7.85. The standard InChI is InChI=1S/C9H12ClN3OS/c10-7-5-11-9(12-6-7)13-8-1-3-15(14)4-2-8/h5-6,8H,1-4H2,(H,11,12,13). The van der Waals surface area contributed by atoms with E-state index in [1.807, 2.05) is 0 Å². The van der Waals surface area contributed by atoms with E-state index in [-0.39, 0.29) is 0 Å². The fourth-order valence-corrected chi connectivity index (χ4v) is 2.90. The molecule has 4 nitrogen and oxygen atoms in total. The minimum Gasteiger partial charge on any atom is -0.351 e. The fourth-order valence-electron chi connectivity index (χ4n) is 1.51. The van der Waals surface area contributed by atoms with E-state index in [1.54, 1.807) is 12.4 Å². The molecule has 1 N–H and O–H groups in total. The van der Waals surface area contributed by atoms with Crippen LogP contribution >= 0.6 is 11.6 Å². The molecule has 0 aliphatic carbocycles. The lowest BCUT2D eigenvalue weighted by atomic mass is 10.2. The van der Waals surface area contributed by atoms with Crippen molar-refractivity contribution in [2.45, 2.75) is 18.9 Å². The summed E-state index contributed by atoms with van der Waals surface area (Å²) in [5.41, 5.74) is 0. The van der Waals surface area contributed by atoms with Crippen LogP contribution in [0.15, 0.2) is 12.4 Å². The number of aromatic nitrogens is 2. The van der Waals surface area contributed by atoms with Crippen LogP contribution in [0.1, 0.15) is 12.8 Å². The normalized spacial score (nSPS) is 26.2. The molecule has 1 saturated heterocycles. The Labute approximate surface area is 95.9 Å². The summed E-state index contributed by atoms with van der Waals surface area (Å²) in [6.45, 7) is 0. The van der Waals surface area contributed by atoms with E-state index in [4.69, 9.17) is 11.6 Å². The fraction of sp³-hybridized carbons (Fsp3) is 0.556. The molecule has 15 heavy (non-hydrogen) atoms. The molecule has 0 atom stereocenters. The summed E-state index contributed by atoms with van der Waals surface area (Å²) in [5.74, 6) is 2.13. The molecule has 1 fully saturated rings. The highest BCUT2D eigenvalue weighted by Crippen LogP contribution is 2.14. The summed E-state index contributed by atoms with van der Waals surface area (Å²) in [4.78, 5) is 8.12. The third kappa shape index (κ3) is 3.14. The van der Waals surface area contributed by atoms with Gasteiger partial charge in [0.25, 0.3) is 0 Å². The zero-order chi connectivity index (χ0) is 10.7. The van der Waals surface area contributed by atoms with Gasteiger partial charge in [0.2, 0.25) is 5.95 Å². The maximum Gasteiger partial charge on any atom is 0.222 e. The summed E-state index contributed by atoms with van der Waals surface area (Å²) >= 11 is 5.68. The molecule has 2 rings (SSSR count). The van der Waals surface area contributed by atoms with Gasteiger partial charge in [0.15, 0.2) is 0 Å². The van der Waals surface area contributed by atoms with E-state index >= 15 is 0 Å². The lowest BCUT2D eigenvalue weighted by molar-refractivity contribution is 0.620. The highest BCUT2D eigenvalue weighted by atomic mass is 35.5. The Kier molecular flexibility index (Phi) is 3.53. The number of anilines is 1. The van der Waals surface area contributed by atoms with Crippen molar-refractivity contribution < 1.29 is 4.21 Å². The second kappa shape index (κ2) is 4.90. The van der Waals surface area contributed by atoms with E-state index in [2.05, 4.69) is 15.3 Å². The van der Waals surface area contributed by atoms with Crippen molar-refractivity contribution in [1.82, 2.24) is 9.97 Å². The number of hydrogen-bond donors (Lipinski definition) is 1. The van der Waals surface area contributed by atoms with Crippen LogP contribution in [0, 0.1) is 0 Å². The molecule has 0 amide bonds. The monoisotopic (exact) mass is 245 g/mol. The van der Waals surface area contributed by atoms with Gasteiger partial charge in [-0.2, -0.15) is 0 Å². The molecule has 1 aromatic heterocycles. The van der Waals surface area contributed by atoms with Crippen molar-refractivity contribution in [3.63, 3.8) is 0 Å². The molecule has 0 radical (unpaired) electrons. The van der Waals surface area contributed by atoms with Crippen molar-refractivity contribution in [2.75, 3.05) is 16.8 Å². The van der Waals surface area contributed by atoms with Gasteiger partial charge >= 0.3 is 0 Å². The average molecular weight is 246 g/mol. The van der Waals surface area contributed by atoms with Crippen LogP contribution in [0.3, 0.4) is 0 Å². The number of rotatable bonds is 2. The van der Waals surface area contributed by atoms with Gasteiger partial charge in [0.05, 0.1) is 17.4 Å². The Morgan fingerprint density at radius 3 is 2.53 bits per heavy atom. The molecule has 0 saturated carbocycles. The molecule has 1 aliphatic rings. The second-order valence-corrected chi connectivity index (χ2v) is 5.62. The first kappa shape index (κ1) is 10.8. The van der Waals surface area contributed by atoms with Gasteiger partial charge in [-0.1, -0.05) is 11.6 Å². The van der Waals surface area contributed by atoms with Gasteiger partial charge in [0, 0.05) is 28.3 Å². The number of nitrogens with one attached hydrogen (secondary N) is 1. The van der Waals surface area contributed by atoms with Gasteiger partial charge in [-0.25, -0.2) is 9.97 Å². The summed E-state index contributed by atoms with van der Waals surface area (Å²) in [5, 5.41) is 3.75. The molecule has 1 aliphatic heterocycles. The topological polar surface area (TPSA) is 54.9 Å². The van der Waals surface area contributed by atoms with E-state index in [9.17, 15) is 4.21 Å². The average Bonchev–Trinajstić information content (AvgIpc) is 2.25. The molecule has 0 spiro atoms. The van der Waals surface area contributed by atoms with Gasteiger partial charge in [0.1, 0.15) is 0 Å². The third-order valence-electron chi connectivity index (χ3n) is 2.34. The molecule has 82 valence electrons. The van der Waals surface area contributed by atoms with E-state index < -0.39 is 10.8 Å². The number of hydrogen-bond acceptors (Lipinski definition) is 4. The first-order valence-electron chi connectivity index (χ1n) is 4.83. The van der Waals surface area contributed by atoms with Gasteiger partial charge in [-0.05, 0) is 12.8 Å². The summed E-state index contributed by atoms with van der Waals surface area (Å²) in [6, 6.07) is 0.337. The molecular weight excluding hydrogens is 234 g/mol. The quantitative estimate of drug-likeness (QED) is 0.857.